The van der Waals surface area contributed by atoms with Gasteiger partial charge in [0.05, 0.1) is 16.8 Å². The lowest BCUT2D eigenvalue weighted by Gasteiger charge is -2.12. The van der Waals surface area contributed by atoms with E-state index in [-0.39, 0.29) is 16.7 Å². The number of hydrogen-bond acceptors (Lipinski definition) is 6. The summed E-state index contributed by atoms with van der Waals surface area (Å²) < 4.78 is 38.8. The molecule has 0 saturated carbocycles. The Hall–Kier alpha value is -2.94. The monoisotopic (exact) mass is 380 g/mol. The van der Waals surface area contributed by atoms with E-state index in [0.29, 0.717) is 12.4 Å². The Kier molecular flexibility index (Phi) is 5.17. The van der Waals surface area contributed by atoms with E-state index in [9.17, 15) is 13.2 Å². The molecule has 2 N–H and O–H groups in total. The summed E-state index contributed by atoms with van der Waals surface area (Å²) in [6, 6.07) is 7.14. The van der Waals surface area contributed by atoms with Crippen LogP contribution in [0.15, 0.2) is 48.9 Å². The Morgan fingerprint density at radius 1 is 1.12 bits per heavy atom. The molecule has 0 radical (unpaired) electrons. The fourth-order valence-electron chi connectivity index (χ4n) is 2.09. The van der Waals surface area contributed by atoms with Crippen molar-refractivity contribution in [3.05, 3.63) is 65.1 Å². The minimum absolute atomic E-state index is 0.0524. The minimum atomic E-state index is -4.55. The quantitative estimate of drug-likeness (QED) is 0.687. The number of nitrogens with one attached hydrogen (secondary N) is 2. The molecule has 26 heavy (non-hydrogen) atoms. The van der Waals surface area contributed by atoms with Gasteiger partial charge in [0.25, 0.3) is 0 Å². The number of pyridine rings is 1. The van der Waals surface area contributed by atoms with E-state index < -0.39 is 11.7 Å². The third-order valence-corrected chi connectivity index (χ3v) is 3.61. The van der Waals surface area contributed by atoms with Crippen molar-refractivity contribution in [3.8, 4) is 0 Å². The molecule has 134 valence electrons. The molecule has 2 heterocycles. The maximum absolute atomic E-state index is 12.9. The van der Waals surface area contributed by atoms with Crippen LogP contribution in [0.4, 0.5) is 30.6 Å². The van der Waals surface area contributed by atoms with E-state index in [1.165, 1.54) is 12.3 Å². The molecule has 1 aromatic carbocycles. The van der Waals surface area contributed by atoms with Gasteiger partial charge in [-0.2, -0.15) is 23.3 Å². The van der Waals surface area contributed by atoms with Crippen LogP contribution in [0.25, 0.3) is 0 Å². The Balaban J connectivity index is 1.73. The van der Waals surface area contributed by atoms with Gasteiger partial charge in [-0.05, 0) is 29.8 Å². The van der Waals surface area contributed by atoms with E-state index in [0.717, 1.165) is 17.7 Å². The minimum Gasteiger partial charge on any atom is -0.364 e. The predicted octanol–water partition coefficient (Wildman–Crippen LogP) is 4.29. The van der Waals surface area contributed by atoms with Crippen molar-refractivity contribution in [2.75, 3.05) is 10.6 Å². The van der Waals surface area contributed by atoms with Gasteiger partial charge in [0.1, 0.15) is 0 Å². The molecule has 0 aliphatic carbocycles. The number of benzene rings is 1. The summed E-state index contributed by atoms with van der Waals surface area (Å²) >= 11 is 5.60. The van der Waals surface area contributed by atoms with Gasteiger partial charge in [-0.1, -0.05) is 17.7 Å². The molecule has 2 aromatic heterocycles. The molecular formula is C16H12ClF3N6. The maximum atomic E-state index is 12.9. The second kappa shape index (κ2) is 7.52. The summed E-state index contributed by atoms with van der Waals surface area (Å²) in [6.45, 7) is 0.463. The maximum Gasteiger partial charge on any atom is 0.417 e. The van der Waals surface area contributed by atoms with Crippen LogP contribution in [0.5, 0.6) is 0 Å². The summed E-state index contributed by atoms with van der Waals surface area (Å²) in [5.74, 6) is 0.466. The van der Waals surface area contributed by atoms with E-state index in [1.807, 2.05) is 6.07 Å². The first-order valence-corrected chi connectivity index (χ1v) is 7.76. The molecule has 0 bridgehead atoms. The van der Waals surface area contributed by atoms with Crippen molar-refractivity contribution >= 4 is 29.1 Å². The van der Waals surface area contributed by atoms with E-state index in [2.05, 4.69) is 30.8 Å². The summed E-state index contributed by atoms with van der Waals surface area (Å²) in [4.78, 5) is 8.17. The van der Waals surface area contributed by atoms with Crippen LogP contribution in [0.2, 0.25) is 5.02 Å². The van der Waals surface area contributed by atoms with Crippen molar-refractivity contribution in [2.24, 2.45) is 0 Å². The van der Waals surface area contributed by atoms with Gasteiger partial charge < -0.3 is 10.6 Å². The molecule has 0 aliphatic heterocycles. The van der Waals surface area contributed by atoms with Crippen molar-refractivity contribution in [2.45, 2.75) is 12.7 Å². The largest absolute Gasteiger partial charge is 0.417 e. The fourth-order valence-corrected chi connectivity index (χ4v) is 2.31. The normalized spacial score (nSPS) is 11.2. The SMILES string of the molecule is FC(F)(F)c1cc(Nc2nncc(NCc3cccnc3)n2)ccc1Cl. The highest BCUT2D eigenvalue weighted by atomic mass is 35.5. The molecule has 0 amide bonds. The molecule has 3 aromatic rings. The molecule has 6 nitrogen and oxygen atoms in total. The summed E-state index contributed by atoms with van der Waals surface area (Å²) in [7, 11) is 0. The van der Waals surface area contributed by atoms with Crippen molar-refractivity contribution in [3.63, 3.8) is 0 Å². The highest BCUT2D eigenvalue weighted by Gasteiger charge is 2.33. The second-order valence-electron chi connectivity index (χ2n) is 5.20. The average Bonchev–Trinajstić information content (AvgIpc) is 2.62. The number of halogens is 4. The first-order valence-electron chi connectivity index (χ1n) is 7.38. The van der Waals surface area contributed by atoms with Crippen LogP contribution < -0.4 is 10.6 Å². The van der Waals surface area contributed by atoms with Crippen LogP contribution in [0.1, 0.15) is 11.1 Å². The fraction of sp³-hybridized carbons (Fsp3) is 0.125. The van der Waals surface area contributed by atoms with E-state index >= 15 is 0 Å². The first-order chi connectivity index (χ1) is 12.4. The Morgan fingerprint density at radius 2 is 1.96 bits per heavy atom. The number of rotatable bonds is 5. The number of alkyl halides is 3. The topological polar surface area (TPSA) is 75.6 Å². The van der Waals surface area contributed by atoms with Gasteiger partial charge in [0.15, 0.2) is 5.82 Å². The third-order valence-electron chi connectivity index (χ3n) is 3.28. The summed E-state index contributed by atoms with van der Waals surface area (Å²) in [6.07, 6.45) is 0.220. The highest BCUT2D eigenvalue weighted by Crippen LogP contribution is 2.36. The number of aromatic nitrogens is 4. The van der Waals surface area contributed by atoms with E-state index in [4.69, 9.17) is 11.6 Å². The van der Waals surface area contributed by atoms with Crippen molar-refractivity contribution < 1.29 is 13.2 Å². The Bertz CT molecular complexity index is 889. The standard InChI is InChI=1S/C16H12ClF3N6/c17-13-4-3-11(6-12(13)16(18,19)20)24-15-25-14(9-23-26-15)22-8-10-2-1-5-21-7-10/h1-7,9H,8H2,(H2,22,24,25,26). The number of anilines is 3. The smallest absolute Gasteiger partial charge is 0.364 e. The third kappa shape index (κ3) is 4.57. The molecule has 0 aliphatic rings. The highest BCUT2D eigenvalue weighted by molar-refractivity contribution is 6.31. The molecule has 0 spiro atoms. The lowest BCUT2D eigenvalue weighted by atomic mass is 10.2. The Labute approximate surface area is 151 Å². The zero-order valence-electron chi connectivity index (χ0n) is 13.1. The van der Waals surface area contributed by atoms with Crippen LogP contribution in [-0.2, 0) is 12.7 Å². The lowest BCUT2D eigenvalue weighted by molar-refractivity contribution is -0.137. The van der Waals surface area contributed by atoms with Crippen LogP contribution in [0.3, 0.4) is 0 Å². The lowest BCUT2D eigenvalue weighted by Crippen LogP contribution is -2.08. The van der Waals surface area contributed by atoms with Crippen molar-refractivity contribution in [1.82, 2.24) is 20.2 Å². The van der Waals surface area contributed by atoms with Gasteiger partial charge >= 0.3 is 6.18 Å². The zero-order valence-corrected chi connectivity index (χ0v) is 13.9. The number of hydrogen-bond donors (Lipinski definition) is 2. The molecule has 10 heteroatoms. The van der Waals surface area contributed by atoms with E-state index in [1.54, 1.807) is 18.5 Å². The van der Waals surface area contributed by atoms with Crippen LogP contribution in [-0.4, -0.2) is 20.2 Å². The van der Waals surface area contributed by atoms with Gasteiger partial charge in [0, 0.05) is 24.6 Å². The van der Waals surface area contributed by atoms with Crippen molar-refractivity contribution in [1.29, 1.82) is 0 Å². The zero-order chi connectivity index (χ0) is 18.6. The molecule has 0 saturated heterocycles. The predicted molar refractivity (Wildman–Crippen MR) is 91.1 cm³/mol. The van der Waals surface area contributed by atoms with Crippen LogP contribution >= 0.6 is 11.6 Å². The summed E-state index contributed by atoms with van der Waals surface area (Å²) in [5.41, 5.74) is 0.143. The van der Waals surface area contributed by atoms with Gasteiger partial charge in [-0.15, -0.1) is 5.10 Å². The second-order valence-corrected chi connectivity index (χ2v) is 5.60. The molecular weight excluding hydrogens is 369 g/mol. The van der Waals surface area contributed by atoms with Crippen LogP contribution in [0, 0.1) is 0 Å². The average molecular weight is 381 g/mol. The van der Waals surface area contributed by atoms with Gasteiger partial charge in [-0.3, -0.25) is 4.98 Å². The first kappa shape index (κ1) is 17.9. The Morgan fingerprint density at radius 3 is 2.69 bits per heavy atom. The van der Waals surface area contributed by atoms with Gasteiger partial charge in [0.2, 0.25) is 5.95 Å². The molecule has 3 rings (SSSR count). The van der Waals surface area contributed by atoms with Gasteiger partial charge in [-0.25, -0.2) is 0 Å². The molecule has 0 atom stereocenters. The number of nitrogens with zero attached hydrogens (tertiary/aromatic N) is 4. The molecule has 0 fully saturated rings. The summed E-state index contributed by atoms with van der Waals surface area (Å²) in [5, 5.41) is 12.9. The molecule has 0 unspecified atom stereocenters.